The molecule has 0 aromatic heterocycles. The summed E-state index contributed by atoms with van der Waals surface area (Å²) < 4.78 is 22.9. The number of hydrogen-bond acceptors (Lipinski definition) is 15. The van der Waals surface area contributed by atoms with E-state index in [9.17, 15) is 55.9 Å². The Hall–Kier alpha value is -1.09. The van der Waals surface area contributed by atoms with Crippen LogP contribution in [0, 0.1) is 5.92 Å². The second-order valence-electron chi connectivity index (χ2n) is 21.5. The Morgan fingerprint density at radius 1 is 0.493 bits per heavy atom. The molecule has 0 aromatic carbocycles. The molecule has 16 heteroatoms. The van der Waals surface area contributed by atoms with E-state index >= 15 is 0 Å². The van der Waals surface area contributed by atoms with Crippen LogP contribution in [-0.2, 0) is 23.7 Å². The van der Waals surface area contributed by atoms with Crippen LogP contribution in [0.2, 0.25) is 0 Å². The van der Waals surface area contributed by atoms with Gasteiger partial charge >= 0.3 is 0 Å². The fourth-order valence-corrected chi connectivity index (χ4v) is 9.86. The van der Waals surface area contributed by atoms with Crippen molar-refractivity contribution < 1.29 is 74.8 Å². The Bertz CT molecular complexity index is 1250. The van der Waals surface area contributed by atoms with Crippen LogP contribution in [0.1, 0.15) is 233 Å². The molecule has 0 spiro atoms. The molecule has 2 aliphatic heterocycles. The monoisotopic (exact) mass is 1020 g/mol. The molecule has 2 rings (SSSR count). The third-order valence-corrected chi connectivity index (χ3v) is 14.7. The zero-order valence-corrected chi connectivity index (χ0v) is 44.6. The molecule has 2 fully saturated rings. The molecule has 0 saturated carbocycles. The Kier molecular flexibility index (Phi) is 38.2. The summed E-state index contributed by atoms with van der Waals surface area (Å²) in [4.78, 5) is 13.4. The van der Waals surface area contributed by atoms with Crippen LogP contribution in [0.5, 0.6) is 0 Å². The van der Waals surface area contributed by atoms with Crippen molar-refractivity contribution in [2.45, 2.75) is 318 Å². The van der Waals surface area contributed by atoms with Crippen molar-refractivity contribution in [1.29, 1.82) is 0 Å². The summed E-state index contributed by atoms with van der Waals surface area (Å²) in [6, 6.07) is -1.31. The van der Waals surface area contributed by atoms with E-state index in [1.54, 1.807) is 0 Å². The number of rotatable bonds is 45. The minimum absolute atomic E-state index is 0.193. The minimum Gasteiger partial charge on any atom is -0.394 e. The Morgan fingerprint density at radius 2 is 0.873 bits per heavy atom. The van der Waals surface area contributed by atoms with Crippen LogP contribution in [0.25, 0.3) is 0 Å². The number of aliphatic hydroxyl groups is 10. The lowest BCUT2D eigenvalue weighted by molar-refractivity contribution is -0.368. The van der Waals surface area contributed by atoms with Crippen molar-refractivity contribution in [3.05, 3.63) is 0 Å². The van der Waals surface area contributed by atoms with Gasteiger partial charge < -0.3 is 75.3 Å². The average molecular weight is 1020 g/mol. The number of nitrogens with one attached hydrogen (secondary N) is 1. The van der Waals surface area contributed by atoms with Crippen molar-refractivity contribution in [3.8, 4) is 0 Å². The highest BCUT2D eigenvalue weighted by Gasteiger charge is 2.51. The number of amides is 1. The molecule has 14 atom stereocenters. The van der Waals surface area contributed by atoms with E-state index in [-0.39, 0.29) is 12.8 Å². The molecule has 0 bridgehead atoms. The molecule has 0 unspecified atom stereocenters. The predicted molar refractivity (Wildman–Crippen MR) is 275 cm³/mol. The summed E-state index contributed by atoms with van der Waals surface area (Å²) >= 11 is 0. The highest BCUT2D eigenvalue weighted by Crippen LogP contribution is 2.30. The third kappa shape index (κ3) is 28.0. The van der Waals surface area contributed by atoms with Crippen molar-refractivity contribution in [1.82, 2.24) is 5.32 Å². The summed E-state index contributed by atoms with van der Waals surface area (Å²) in [6.07, 6.45) is 16.5. The van der Waals surface area contributed by atoms with Crippen molar-refractivity contribution in [2.75, 3.05) is 19.8 Å². The molecule has 0 radical (unpaired) electrons. The van der Waals surface area contributed by atoms with Crippen LogP contribution in [0.3, 0.4) is 0 Å². The molecule has 1 amide bonds. The maximum Gasteiger partial charge on any atom is 0.249 e. The number of unbranched alkanes of at least 4 members (excludes halogenated alkanes) is 28. The zero-order valence-electron chi connectivity index (χ0n) is 44.6. The minimum atomic E-state index is -1.87. The molecule has 422 valence electrons. The molecule has 71 heavy (non-hydrogen) atoms. The SMILES string of the molecule is CCCCCCCCCCCCCCCCCCCCCC[C@@H](O)C(=O)N[C@@H](CO[C@H]1O[C@H](CO)[C@H](O)[C@H](O)[C@H]1O[C@H]1O[C@H](CO)[C@@H](O)[C@H](O)[C@H]1O)[C@H](O)[C@H](O)CCCCCCCCCCCCC(C)C. The fraction of sp³-hybridized carbons (Fsp3) is 0.982. The van der Waals surface area contributed by atoms with Gasteiger partial charge in [0.05, 0.1) is 32.0 Å². The second-order valence-corrected chi connectivity index (χ2v) is 21.5. The first-order valence-corrected chi connectivity index (χ1v) is 28.8. The highest BCUT2D eigenvalue weighted by atomic mass is 16.8. The first-order chi connectivity index (χ1) is 34.3. The highest BCUT2D eigenvalue weighted by molar-refractivity contribution is 5.80. The third-order valence-electron chi connectivity index (χ3n) is 14.7. The lowest BCUT2D eigenvalue weighted by atomic mass is 9.97. The van der Waals surface area contributed by atoms with Gasteiger partial charge in [0.2, 0.25) is 5.91 Å². The summed E-state index contributed by atoms with van der Waals surface area (Å²) in [5.74, 6) is -0.0235. The number of ether oxygens (including phenoxy) is 4. The van der Waals surface area contributed by atoms with Gasteiger partial charge in [0, 0.05) is 0 Å². The van der Waals surface area contributed by atoms with E-state index < -0.39 is 111 Å². The molecule has 0 aliphatic carbocycles. The molecular weight excluding hydrogens is 915 g/mol. The first-order valence-electron chi connectivity index (χ1n) is 28.8. The van der Waals surface area contributed by atoms with Crippen LogP contribution >= 0.6 is 0 Å². The van der Waals surface area contributed by atoms with Gasteiger partial charge in [0.25, 0.3) is 0 Å². The summed E-state index contributed by atoms with van der Waals surface area (Å²) in [5, 5.41) is 109. The van der Waals surface area contributed by atoms with Crippen molar-refractivity contribution in [3.63, 3.8) is 0 Å². The van der Waals surface area contributed by atoms with Gasteiger partial charge in [0.15, 0.2) is 12.6 Å². The van der Waals surface area contributed by atoms with E-state index in [0.29, 0.717) is 12.8 Å². The Balaban J connectivity index is 1.89. The van der Waals surface area contributed by atoms with Gasteiger partial charge in [-0.05, 0) is 18.8 Å². The van der Waals surface area contributed by atoms with E-state index in [1.807, 2.05) is 0 Å². The fourth-order valence-electron chi connectivity index (χ4n) is 9.86. The van der Waals surface area contributed by atoms with E-state index in [0.717, 1.165) is 57.3 Å². The number of hydrogen-bond donors (Lipinski definition) is 11. The first kappa shape index (κ1) is 66.0. The number of carbonyl (C=O) groups is 1. The van der Waals surface area contributed by atoms with Crippen LogP contribution < -0.4 is 5.32 Å². The van der Waals surface area contributed by atoms with E-state index in [4.69, 9.17) is 18.9 Å². The number of aliphatic hydroxyl groups excluding tert-OH is 10. The standard InChI is InChI=1S/C55H107NO15/c1-4-5-6-7-8-9-10-11-12-13-14-15-16-17-18-19-24-27-30-33-36-43(60)53(67)56-41(46(61)42(59)35-32-29-26-23-21-20-22-25-28-31-34-40(2)3)39-68-55-52(50(65)48(63)45(38-58)70-55)71-54-51(66)49(64)47(62)44(37-57)69-54/h40-52,54-55,57-66H,4-39H2,1-3H3,(H,56,67)/t41-,42+,43+,44+,45+,46-,47+,48-,49-,50-,51+,52+,54+,55-/m0/s1. The van der Waals surface area contributed by atoms with Gasteiger partial charge in [-0.15, -0.1) is 0 Å². The normalized spacial score (nSPS) is 26.7. The smallest absolute Gasteiger partial charge is 0.249 e. The quantitative estimate of drug-likeness (QED) is 0.0282. The van der Waals surface area contributed by atoms with E-state index in [1.165, 1.54) is 135 Å². The topological polar surface area (TPSA) is 268 Å². The van der Waals surface area contributed by atoms with Gasteiger partial charge in [-0.2, -0.15) is 0 Å². The Labute approximate surface area is 429 Å². The van der Waals surface area contributed by atoms with Crippen molar-refractivity contribution in [2.24, 2.45) is 5.92 Å². The summed E-state index contributed by atoms with van der Waals surface area (Å²) in [7, 11) is 0. The predicted octanol–water partition coefficient (Wildman–Crippen LogP) is 6.74. The summed E-state index contributed by atoms with van der Waals surface area (Å²) in [6.45, 7) is 4.71. The molecule has 0 aromatic rings. The van der Waals surface area contributed by atoms with E-state index in [2.05, 4.69) is 26.1 Å². The lowest BCUT2D eigenvalue weighted by Crippen LogP contribution is -2.65. The van der Waals surface area contributed by atoms with Gasteiger partial charge in [-0.3, -0.25) is 4.79 Å². The van der Waals surface area contributed by atoms with Gasteiger partial charge in [-0.1, -0.05) is 220 Å². The maximum absolute atomic E-state index is 13.4. The lowest BCUT2D eigenvalue weighted by Gasteiger charge is -2.46. The molecule has 2 aliphatic rings. The molecule has 16 nitrogen and oxygen atoms in total. The molecular formula is C55H107NO15. The Morgan fingerprint density at radius 3 is 1.30 bits per heavy atom. The average Bonchev–Trinajstić information content (AvgIpc) is 3.36. The maximum atomic E-state index is 13.4. The van der Waals surface area contributed by atoms with Crippen LogP contribution in [-0.4, -0.2) is 163 Å². The second kappa shape index (κ2) is 41.1. The zero-order chi connectivity index (χ0) is 52.2. The molecule has 2 saturated heterocycles. The van der Waals surface area contributed by atoms with Gasteiger partial charge in [-0.25, -0.2) is 0 Å². The number of carbonyl (C=O) groups excluding carboxylic acids is 1. The van der Waals surface area contributed by atoms with Gasteiger partial charge in [0.1, 0.15) is 61.0 Å². The van der Waals surface area contributed by atoms with Crippen LogP contribution in [0.15, 0.2) is 0 Å². The largest absolute Gasteiger partial charge is 0.394 e. The van der Waals surface area contributed by atoms with Crippen LogP contribution in [0.4, 0.5) is 0 Å². The van der Waals surface area contributed by atoms with Crippen molar-refractivity contribution >= 4 is 5.91 Å². The molecule has 2 heterocycles. The molecule has 11 N–H and O–H groups in total. The summed E-state index contributed by atoms with van der Waals surface area (Å²) in [5.41, 5.74) is 0.